The van der Waals surface area contributed by atoms with Crippen LogP contribution in [0.15, 0.2) is 42.5 Å². The van der Waals surface area contributed by atoms with E-state index in [1.54, 1.807) is 24.3 Å². The zero-order valence-electron chi connectivity index (χ0n) is 13.5. The smallest absolute Gasteiger partial charge is 0.255 e. The number of carbonyl (C=O) groups is 2. The first-order valence-corrected chi connectivity index (χ1v) is 8.46. The third-order valence-corrected chi connectivity index (χ3v) is 4.31. The molecular weight excluding hydrogens is 324 g/mol. The lowest BCUT2D eigenvalue weighted by Crippen LogP contribution is -2.35. The summed E-state index contributed by atoms with van der Waals surface area (Å²) < 4.78 is 0. The number of carbonyl (C=O) groups excluding carboxylic acids is 2. The Bertz CT molecular complexity index is 789. The fourth-order valence-electron chi connectivity index (χ4n) is 2.94. The minimum atomic E-state index is -0.199. The molecule has 0 bridgehead atoms. The minimum absolute atomic E-state index is 0.167. The molecule has 2 aromatic carbocycles. The molecule has 0 saturated carbocycles. The molecule has 24 heavy (non-hydrogen) atoms. The second-order valence-corrected chi connectivity index (χ2v) is 6.29. The molecule has 0 aliphatic carbocycles. The van der Waals surface area contributed by atoms with Crippen LogP contribution >= 0.6 is 11.6 Å². The molecular formula is C19H19ClN2O2. The van der Waals surface area contributed by atoms with Crippen molar-refractivity contribution < 1.29 is 9.59 Å². The maximum atomic E-state index is 12.3. The fraction of sp³-hybridized carbons (Fsp3) is 0.263. The van der Waals surface area contributed by atoms with Gasteiger partial charge in [-0.3, -0.25) is 9.59 Å². The normalized spacial score (nSPS) is 13.6. The number of halogens is 1. The van der Waals surface area contributed by atoms with E-state index >= 15 is 0 Å². The van der Waals surface area contributed by atoms with Gasteiger partial charge in [-0.15, -0.1) is 0 Å². The number of amides is 2. The van der Waals surface area contributed by atoms with Gasteiger partial charge in [0.05, 0.1) is 0 Å². The molecule has 0 saturated heterocycles. The number of fused-ring (bicyclic) bond motifs is 1. The Labute approximate surface area is 146 Å². The summed E-state index contributed by atoms with van der Waals surface area (Å²) in [4.78, 5) is 26.2. The van der Waals surface area contributed by atoms with Crippen molar-refractivity contribution in [1.29, 1.82) is 0 Å². The molecule has 0 fully saturated rings. The first-order valence-electron chi connectivity index (χ1n) is 8.08. The summed E-state index contributed by atoms with van der Waals surface area (Å²) in [6, 6.07) is 12.5. The van der Waals surface area contributed by atoms with E-state index in [1.807, 2.05) is 23.1 Å². The average Bonchev–Trinajstić information content (AvgIpc) is 2.57. The van der Waals surface area contributed by atoms with Gasteiger partial charge >= 0.3 is 0 Å². The van der Waals surface area contributed by atoms with Crippen LogP contribution < -0.4 is 10.2 Å². The zero-order valence-corrected chi connectivity index (χ0v) is 14.3. The molecule has 0 unspecified atom stereocenters. The number of aryl methyl sites for hydroxylation is 1. The highest BCUT2D eigenvalue weighted by Crippen LogP contribution is 2.30. The molecule has 2 amide bonds. The van der Waals surface area contributed by atoms with Crippen LogP contribution in [-0.2, 0) is 11.2 Å². The Morgan fingerprint density at radius 2 is 2.04 bits per heavy atom. The molecule has 4 nitrogen and oxygen atoms in total. The van der Waals surface area contributed by atoms with Gasteiger partial charge in [0.1, 0.15) is 0 Å². The summed E-state index contributed by atoms with van der Waals surface area (Å²) in [7, 11) is 0. The van der Waals surface area contributed by atoms with Gasteiger partial charge in [-0.25, -0.2) is 0 Å². The average molecular weight is 343 g/mol. The largest absolute Gasteiger partial charge is 0.322 e. The molecule has 0 aromatic heterocycles. The lowest BCUT2D eigenvalue weighted by Gasteiger charge is -2.29. The van der Waals surface area contributed by atoms with Gasteiger partial charge in [0.2, 0.25) is 5.91 Å². The Hall–Kier alpha value is -2.33. The maximum absolute atomic E-state index is 12.3. The van der Waals surface area contributed by atoms with Crippen molar-refractivity contribution in [2.75, 3.05) is 16.8 Å². The van der Waals surface area contributed by atoms with Crippen LogP contribution in [0.2, 0.25) is 5.02 Å². The van der Waals surface area contributed by atoms with Gasteiger partial charge in [-0.05, 0) is 54.8 Å². The van der Waals surface area contributed by atoms with E-state index in [0.717, 1.165) is 29.9 Å². The number of hydrogen-bond acceptors (Lipinski definition) is 2. The van der Waals surface area contributed by atoms with Crippen LogP contribution in [0.1, 0.15) is 35.7 Å². The monoisotopic (exact) mass is 342 g/mol. The third-order valence-electron chi connectivity index (χ3n) is 4.07. The molecule has 1 aliphatic rings. The molecule has 0 radical (unpaired) electrons. The van der Waals surface area contributed by atoms with Gasteiger partial charge in [-0.2, -0.15) is 0 Å². The number of nitrogens with one attached hydrogen (secondary N) is 1. The number of nitrogens with zero attached hydrogens (tertiary/aromatic N) is 1. The summed E-state index contributed by atoms with van der Waals surface area (Å²) in [6.45, 7) is 2.78. The van der Waals surface area contributed by atoms with E-state index in [9.17, 15) is 9.59 Å². The molecule has 2 aromatic rings. The molecule has 124 valence electrons. The van der Waals surface area contributed by atoms with Crippen molar-refractivity contribution in [2.24, 2.45) is 0 Å². The molecule has 1 aliphatic heterocycles. The molecule has 0 atom stereocenters. The van der Waals surface area contributed by atoms with Crippen LogP contribution in [0, 0.1) is 0 Å². The highest BCUT2D eigenvalue weighted by molar-refractivity contribution is 6.31. The van der Waals surface area contributed by atoms with Gasteiger partial charge in [0.25, 0.3) is 5.91 Å². The highest BCUT2D eigenvalue weighted by atomic mass is 35.5. The van der Waals surface area contributed by atoms with Gasteiger partial charge in [-0.1, -0.05) is 24.6 Å². The molecule has 3 rings (SSSR count). The first-order chi connectivity index (χ1) is 11.6. The standard InChI is InChI=1S/C19H19ClN2O2/c1-2-10-22-17-8-7-16(12-13(17)6-9-18(22)23)21-19(24)14-4-3-5-15(20)11-14/h3-5,7-8,11-12H,2,6,9-10H2,1H3,(H,21,24). The first kappa shape index (κ1) is 16.5. The van der Waals surface area contributed by atoms with E-state index in [4.69, 9.17) is 11.6 Å². The summed E-state index contributed by atoms with van der Waals surface area (Å²) >= 11 is 5.93. The number of hydrogen-bond donors (Lipinski definition) is 1. The van der Waals surface area contributed by atoms with Crippen molar-refractivity contribution in [3.63, 3.8) is 0 Å². The lowest BCUT2D eigenvalue weighted by molar-refractivity contribution is -0.118. The Balaban J connectivity index is 1.81. The summed E-state index contributed by atoms with van der Waals surface area (Å²) in [6.07, 6.45) is 2.13. The number of rotatable bonds is 4. The van der Waals surface area contributed by atoms with Crippen LogP contribution in [-0.4, -0.2) is 18.4 Å². The van der Waals surface area contributed by atoms with E-state index in [1.165, 1.54) is 0 Å². The van der Waals surface area contributed by atoms with E-state index in [0.29, 0.717) is 23.4 Å². The number of benzene rings is 2. The van der Waals surface area contributed by atoms with Crippen molar-refractivity contribution in [1.82, 2.24) is 0 Å². The van der Waals surface area contributed by atoms with Gasteiger partial charge in [0.15, 0.2) is 0 Å². The van der Waals surface area contributed by atoms with E-state index in [2.05, 4.69) is 12.2 Å². The molecule has 0 spiro atoms. The van der Waals surface area contributed by atoms with Crippen molar-refractivity contribution in [3.8, 4) is 0 Å². The Morgan fingerprint density at radius 1 is 1.21 bits per heavy atom. The van der Waals surface area contributed by atoms with Crippen LogP contribution in [0.5, 0.6) is 0 Å². The highest BCUT2D eigenvalue weighted by Gasteiger charge is 2.23. The molecule has 5 heteroatoms. The summed E-state index contributed by atoms with van der Waals surface area (Å²) in [5, 5.41) is 3.42. The van der Waals surface area contributed by atoms with Gasteiger partial charge < -0.3 is 10.2 Å². The summed E-state index contributed by atoms with van der Waals surface area (Å²) in [5.74, 6) is -0.0326. The second-order valence-electron chi connectivity index (χ2n) is 5.85. The Kier molecular flexibility index (Phi) is 4.86. The minimum Gasteiger partial charge on any atom is -0.322 e. The van der Waals surface area contributed by atoms with Crippen LogP contribution in [0.4, 0.5) is 11.4 Å². The summed E-state index contributed by atoms with van der Waals surface area (Å²) in [5.41, 5.74) is 3.29. The van der Waals surface area contributed by atoms with E-state index < -0.39 is 0 Å². The molecule has 1 heterocycles. The van der Waals surface area contributed by atoms with Crippen molar-refractivity contribution in [2.45, 2.75) is 26.2 Å². The SMILES string of the molecule is CCCN1C(=O)CCc2cc(NC(=O)c3cccc(Cl)c3)ccc21. The topological polar surface area (TPSA) is 49.4 Å². The zero-order chi connectivity index (χ0) is 17.1. The lowest BCUT2D eigenvalue weighted by atomic mass is 10.00. The van der Waals surface area contributed by atoms with Crippen LogP contribution in [0.25, 0.3) is 0 Å². The van der Waals surface area contributed by atoms with Crippen molar-refractivity contribution in [3.05, 3.63) is 58.6 Å². The number of anilines is 2. The predicted octanol–water partition coefficient (Wildman–Crippen LogP) is 4.28. The second kappa shape index (κ2) is 7.05. The van der Waals surface area contributed by atoms with Gasteiger partial charge in [0, 0.05) is 34.9 Å². The third kappa shape index (κ3) is 3.44. The van der Waals surface area contributed by atoms with E-state index in [-0.39, 0.29) is 11.8 Å². The van der Waals surface area contributed by atoms with Crippen LogP contribution in [0.3, 0.4) is 0 Å². The quantitative estimate of drug-likeness (QED) is 0.901. The van der Waals surface area contributed by atoms with Crippen molar-refractivity contribution >= 4 is 34.8 Å². The Morgan fingerprint density at radius 3 is 2.79 bits per heavy atom. The predicted molar refractivity (Wildman–Crippen MR) is 96.8 cm³/mol. The fourth-order valence-corrected chi connectivity index (χ4v) is 3.13. The molecule has 1 N–H and O–H groups in total. The maximum Gasteiger partial charge on any atom is 0.255 e.